The van der Waals surface area contributed by atoms with Crippen LogP contribution in [0.15, 0.2) is 30.3 Å². The molecule has 3 nitrogen and oxygen atoms in total. The molecule has 0 N–H and O–H groups in total. The summed E-state index contributed by atoms with van der Waals surface area (Å²) in [4.78, 5) is 12.9. The lowest BCUT2D eigenvalue weighted by atomic mass is 9.75. The first-order valence-electron chi connectivity index (χ1n) is 8.75. The van der Waals surface area contributed by atoms with Gasteiger partial charge in [0, 0.05) is 12.0 Å². The minimum atomic E-state index is 0.0207. The van der Waals surface area contributed by atoms with Gasteiger partial charge < -0.3 is 0 Å². The highest BCUT2D eigenvalue weighted by molar-refractivity contribution is 6.04. The smallest absolute Gasteiger partial charge is 0.167 e. The van der Waals surface area contributed by atoms with Crippen molar-refractivity contribution in [3.8, 4) is 11.3 Å². The van der Waals surface area contributed by atoms with Gasteiger partial charge in [-0.1, -0.05) is 57.0 Å². The molecular weight excluding hydrogens is 284 g/mol. The first-order valence-corrected chi connectivity index (χ1v) is 8.75. The van der Waals surface area contributed by atoms with E-state index in [1.807, 2.05) is 18.2 Å². The highest BCUT2D eigenvalue weighted by Gasteiger charge is 2.37. The number of fused-ring (bicyclic) bond motifs is 1. The molecule has 0 aliphatic heterocycles. The average molecular weight is 308 g/mol. The molecule has 0 unspecified atom stereocenters. The Balaban J connectivity index is 1.91. The number of benzene rings is 1. The molecule has 2 aliphatic rings. The van der Waals surface area contributed by atoms with Gasteiger partial charge in [0.25, 0.3) is 0 Å². The molecule has 0 radical (unpaired) electrons. The Morgan fingerprint density at radius 2 is 1.78 bits per heavy atom. The summed E-state index contributed by atoms with van der Waals surface area (Å²) in [6.07, 6.45) is 6.41. The zero-order chi connectivity index (χ0) is 16.0. The molecule has 0 bridgehead atoms. The number of hydrogen-bond acceptors (Lipinski definition) is 2. The topological polar surface area (TPSA) is 34.9 Å². The number of carbonyl (C=O) groups is 1. The highest BCUT2D eigenvalue weighted by Crippen LogP contribution is 2.42. The predicted molar refractivity (Wildman–Crippen MR) is 91.6 cm³/mol. The van der Waals surface area contributed by atoms with Crippen molar-refractivity contribution < 1.29 is 4.79 Å². The highest BCUT2D eigenvalue weighted by atomic mass is 16.1. The average Bonchev–Trinajstić information content (AvgIpc) is 3.13. The van der Waals surface area contributed by atoms with E-state index in [0.29, 0.717) is 12.5 Å². The van der Waals surface area contributed by atoms with E-state index in [1.165, 1.54) is 25.7 Å². The second-order valence-electron chi connectivity index (χ2n) is 7.86. The van der Waals surface area contributed by atoms with Crippen LogP contribution in [0.2, 0.25) is 0 Å². The van der Waals surface area contributed by atoms with E-state index in [0.717, 1.165) is 28.9 Å². The summed E-state index contributed by atoms with van der Waals surface area (Å²) >= 11 is 0. The van der Waals surface area contributed by atoms with Gasteiger partial charge in [0.1, 0.15) is 0 Å². The quantitative estimate of drug-likeness (QED) is 0.797. The third-order valence-corrected chi connectivity index (χ3v) is 5.26. The predicted octanol–water partition coefficient (Wildman–Crippen LogP) is 4.82. The van der Waals surface area contributed by atoms with Crippen molar-refractivity contribution in [2.75, 3.05) is 0 Å². The number of rotatable bonds is 2. The van der Waals surface area contributed by atoms with E-state index in [1.54, 1.807) is 0 Å². The summed E-state index contributed by atoms with van der Waals surface area (Å²) in [5.41, 5.74) is 4.11. The third kappa shape index (κ3) is 2.52. The molecule has 0 atom stereocenters. The minimum Gasteiger partial charge on any atom is -0.294 e. The Hall–Kier alpha value is -1.90. The van der Waals surface area contributed by atoms with Gasteiger partial charge in [0.15, 0.2) is 5.78 Å². The van der Waals surface area contributed by atoms with Gasteiger partial charge in [-0.2, -0.15) is 5.10 Å². The minimum absolute atomic E-state index is 0.0207. The maximum absolute atomic E-state index is 12.9. The van der Waals surface area contributed by atoms with Crippen molar-refractivity contribution in [3.63, 3.8) is 0 Å². The van der Waals surface area contributed by atoms with Crippen LogP contribution in [0.4, 0.5) is 0 Å². The Bertz CT molecular complexity index is 737. The van der Waals surface area contributed by atoms with Crippen LogP contribution in [0.1, 0.15) is 68.0 Å². The Labute approximate surface area is 137 Å². The maximum Gasteiger partial charge on any atom is 0.167 e. The van der Waals surface area contributed by atoms with E-state index in [9.17, 15) is 4.79 Å². The Morgan fingerprint density at radius 1 is 1.09 bits per heavy atom. The molecule has 0 saturated heterocycles. The summed E-state index contributed by atoms with van der Waals surface area (Å²) in [7, 11) is 0. The summed E-state index contributed by atoms with van der Waals surface area (Å²) in [6.45, 7) is 4.34. The van der Waals surface area contributed by atoms with Crippen molar-refractivity contribution >= 4 is 5.78 Å². The molecular formula is C20H24N2O. The normalized spacial score (nSPS) is 20.7. The molecule has 23 heavy (non-hydrogen) atoms. The van der Waals surface area contributed by atoms with Crippen LogP contribution in [0.5, 0.6) is 0 Å². The van der Waals surface area contributed by atoms with Gasteiger partial charge in [0.2, 0.25) is 0 Å². The number of nitrogens with zero attached hydrogens (tertiary/aromatic N) is 2. The molecule has 2 aliphatic carbocycles. The first kappa shape index (κ1) is 14.7. The second-order valence-corrected chi connectivity index (χ2v) is 7.86. The number of ketones is 1. The molecule has 1 aromatic heterocycles. The molecule has 3 heteroatoms. The summed E-state index contributed by atoms with van der Waals surface area (Å²) in [5.74, 6) is 0.263. The number of hydrogen-bond donors (Lipinski definition) is 0. The van der Waals surface area contributed by atoms with Crippen molar-refractivity contribution in [2.24, 2.45) is 5.41 Å². The fraction of sp³-hybridized carbons (Fsp3) is 0.500. The van der Waals surface area contributed by atoms with Crippen LogP contribution in [-0.2, 0) is 6.42 Å². The van der Waals surface area contributed by atoms with Crippen molar-refractivity contribution in [2.45, 2.75) is 58.4 Å². The maximum atomic E-state index is 12.9. The standard InChI is InChI=1S/C20H24N2O/c1-20(2)12-16-18(17(23)13-20)19(14-8-4-3-5-9-14)22(21-16)15-10-6-7-11-15/h3-5,8-9,15H,6-7,10-13H2,1-2H3. The lowest BCUT2D eigenvalue weighted by molar-refractivity contribution is 0.0912. The van der Waals surface area contributed by atoms with Crippen LogP contribution in [0, 0.1) is 5.41 Å². The summed E-state index contributed by atoms with van der Waals surface area (Å²) in [5, 5.41) is 4.95. The van der Waals surface area contributed by atoms with E-state index >= 15 is 0 Å². The first-order chi connectivity index (χ1) is 11.1. The monoisotopic (exact) mass is 308 g/mol. The van der Waals surface area contributed by atoms with Crippen LogP contribution in [-0.4, -0.2) is 15.6 Å². The van der Waals surface area contributed by atoms with Gasteiger partial charge in [-0.25, -0.2) is 0 Å². The Morgan fingerprint density at radius 3 is 2.48 bits per heavy atom. The van der Waals surface area contributed by atoms with Crippen LogP contribution >= 0.6 is 0 Å². The van der Waals surface area contributed by atoms with Crippen molar-refractivity contribution in [1.29, 1.82) is 0 Å². The summed E-state index contributed by atoms with van der Waals surface area (Å²) < 4.78 is 2.19. The zero-order valence-corrected chi connectivity index (χ0v) is 14.0. The largest absolute Gasteiger partial charge is 0.294 e. The van der Waals surface area contributed by atoms with Gasteiger partial charge in [-0.05, 0) is 24.7 Å². The van der Waals surface area contributed by atoms with E-state index in [-0.39, 0.29) is 11.2 Å². The van der Waals surface area contributed by atoms with Crippen LogP contribution in [0.25, 0.3) is 11.3 Å². The molecule has 120 valence electrons. The fourth-order valence-corrected chi connectivity index (χ4v) is 4.22. The molecule has 0 amide bonds. The van der Waals surface area contributed by atoms with Crippen LogP contribution in [0.3, 0.4) is 0 Å². The zero-order valence-electron chi connectivity index (χ0n) is 14.0. The third-order valence-electron chi connectivity index (χ3n) is 5.26. The van der Waals surface area contributed by atoms with Crippen LogP contribution < -0.4 is 0 Å². The number of carbonyl (C=O) groups excluding carboxylic acids is 1. The molecule has 4 rings (SSSR count). The Kier molecular flexibility index (Phi) is 3.40. The molecule has 1 saturated carbocycles. The number of Topliss-reactive ketones (excluding diaryl/α,β-unsaturated/α-hetero) is 1. The van der Waals surface area contributed by atoms with Gasteiger partial charge >= 0.3 is 0 Å². The summed E-state index contributed by atoms with van der Waals surface area (Å²) in [6, 6.07) is 10.8. The molecule has 1 heterocycles. The van der Waals surface area contributed by atoms with E-state index in [2.05, 4.69) is 30.7 Å². The molecule has 1 aromatic carbocycles. The van der Waals surface area contributed by atoms with Gasteiger partial charge in [-0.15, -0.1) is 0 Å². The van der Waals surface area contributed by atoms with E-state index in [4.69, 9.17) is 5.10 Å². The fourth-order valence-electron chi connectivity index (χ4n) is 4.22. The number of aromatic nitrogens is 2. The van der Waals surface area contributed by atoms with Crippen molar-refractivity contribution in [1.82, 2.24) is 9.78 Å². The molecule has 0 spiro atoms. The lowest BCUT2D eigenvalue weighted by Gasteiger charge is -2.27. The van der Waals surface area contributed by atoms with E-state index < -0.39 is 0 Å². The SMILES string of the molecule is CC1(C)CC(=O)c2c(nn(C3CCCC3)c2-c2ccccc2)C1. The second kappa shape index (κ2) is 5.33. The molecule has 1 fully saturated rings. The van der Waals surface area contributed by atoms with Gasteiger partial charge in [-0.3, -0.25) is 9.48 Å². The van der Waals surface area contributed by atoms with Gasteiger partial charge in [0.05, 0.1) is 23.0 Å². The molecule has 2 aromatic rings. The lowest BCUT2D eigenvalue weighted by Crippen LogP contribution is -2.26. The van der Waals surface area contributed by atoms with Crippen molar-refractivity contribution in [3.05, 3.63) is 41.6 Å².